The number of carbonyl (C=O) groups excluding carboxylic acids is 1. The third kappa shape index (κ3) is 5.00. The first-order valence-corrected chi connectivity index (χ1v) is 11.5. The lowest BCUT2D eigenvalue weighted by molar-refractivity contribution is 0.0548. The summed E-state index contributed by atoms with van der Waals surface area (Å²) < 4.78 is 5.41. The Morgan fingerprint density at radius 1 is 0.914 bits per heavy atom. The predicted octanol–water partition coefficient (Wildman–Crippen LogP) is 5.06. The van der Waals surface area contributed by atoms with Gasteiger partial charge < -0.3 is 14.7 Å². The number of hydrogen-bond acceptors (Lipinski definition) is 4. The zero-order chi connectivity index (χ0) is 24.2. The molecule has 1 saturated heterocycles. The number of morpholine rings is 1. The molecule has 0 bridgehead atoms. The van der Waals surface area contributed by atoms with Crippen LogP contribution in [0.1, 0.15) is 15.9 Å². The fourth-order valence-electron chi connectivity index (χ4n) is 4.21. The molecule has 4 aromatic rings. The molecule has 0 unspecified atom stereocenters. The summed E-state index contributed by atoms with van der Waals surface area (Å²) in [6, 6.07) is 24.6. The Morgan fingerprint density at radius 2 is 1.63 bits per heavy atom. The summed E-state index contributed by atoms with van der Waals surface area (Å²) in [6.07, 6.45) is 1.79. The van der Waals surface area contributed by atoms with Gasteiger partial charge in [0.1, 0.15) is 0 Å². The Kier molecular flexibility index (Phi) is 6.41. The molecular formula is C28H25N3O4. The zero-order valence-corrected chi connectivity index (χ0v) is 19.1. The maximum absolute atomic E-state index is 13.5. The molecule has 1 fully saturated rings. The lowest BCUT2D eigenvalue weighted by Crippen LogP contribution is -2.48. The Morgan fingerprint density at radius 3 is 2.34 bits per heavy atom. The standard InChI is InChI=1S/C28H25N3O4/c32-27(33)23-5-3-20(4-6-23)19-31(28(34)30-14-16-35-17-15-30)25-11-9-21(10-12-25)24-8-7-22-2-1-13-29-26(22)18-24/h1-13,18H,14-17,19H2,(H,32,33). The molecule has 0 radical (unpaired) electrons. The SMILES string of the molecule is O=C(O)c1ccc(CN(C(=O)N2CCOCC2)c2ccc(-c3ccc4cccnc4c3)cc2)cc1. The first-order valence-electron chi connectivity index (χ1n) is 11.5. The fourth-order valence-corrected chi connectivity index (χ4v) is 4.21. The molecule has 7 heteroatoms. The number of fused-ring (bicyclic) bond motifs is 1. The predicted molar refractivity (Wildman–Crippen MR) is 135 cm³/mol. The van der Waals surface area contributed by atoms with E-state index in [0.29, 0.717) is 32.8 Å². The summed E-state index contributed by atoms with van der Waals surface area (Å²) in [5.74, 6) is -0.975. The fraction of sp³-hybridized carbons (Fsp3) is 0.179. The number of carboxylic acid groups (broad SMARTS) is 1. The molecule has 3 aromatic carbocycles. The molecule has 5 rings (SSSR count). The largest absolute Gasteiger partial charge is 0.478 e. The van der Waals surface area contributed by atoms with E-state index in [4.69, 9.17) is 4.74 Å². The minimum Gasteiger partial charge on any atom is -0.478 e. The molecule has 2 amide bonds. The van der Waals surface area contributed by atoms with E-state index in [1.54, 1.807) is 40.3 Å². The molecule has 7 nitrogen and oxygen atoms in total. The smallest absolute Gasteiger partial charge is 0.335 e. The van der Waals surface area contributed by atoms with Gasteiger partial charge in [-0.2, -0.15) is 0 Å². The lowest BCUT2D eigenvalue weighted by atomic mass is 10.0. The highest BCUT2D eigenvalue weighted by atomic mass is 16.5. The van der Waals surface area contributed by atoms with Crippen molar-refractivity contribution in [3.63, 3.8) is 0 Å². The summed E-state index contributed by atoms with van der Waals surface area (Å²) in [5, 5.41) is 10.3. The van der Waals surface area contributed by atoms with Crippen LogP contribution in [0, 0.1) is 0 Å². The Bertz CT molecular complexity index is 1350. The van der Waals surface area contributed by atoms with Gasteiger partial charge in [-0.25, -0.2) is 9.59 Å². The van der Waals surface area contributed by atoms with Crippen LogP contribution in [0.3, 0.4) is 0 Å². The van der Waals surface area contributed by atoms with E-state index in [1.807, 2.05) is 36.4 Å². The van der Waals surface area contributed by atoms with E-state index in [9.17, 15) is 14.7 Å². The van der Waals surface area contributed by atoms with Gasteiger partial charge in [0.25, 0.3) is 0 Å². The zero-order valence-electron chi connectivity index (χ0n) is 19.1. The number of rotatable bonds is 5. The van der Waals surface area contributed by atoms with Crippen LogP contribution in [0.25, 0.3) is 22.0 Å². The molecule has 1 aliphatic rings. The van der Waals surface area contributed by atoms with Crippen LogP contribution in [-0.4, -0.2) is 53.3 Å². The van der Waals surface area contributed by atoms with E-state index in [2.05, 4.69) is 23.2 Å². The van der Waals surface area contributed by atoms with Crippen LogP contribution in [0.15, 0.2) is 85.1 Å². The van der Waals surface area contributed by atoms with Gasteiger partial charge >= 0.3 is 12.0 Å². The van der Waals surface area contributed by atoms with E-state index in [0.717, 1.165) is 33.3 Å². The molecule has 176 valence electrons. The lowest BCUT2D eigenvalue weighted by Gasteiger charge is -2.33. The van der Waals surface area contributed by atoms with Gasteiger partial charge in [-0.3, -0.25) is 9.88 Å². The van der Waals surface area contributed by atoms with Crippen molar-refractivity contribution < 1.29 is 19.4 Å². The van der Waals surface area contributed by atoms with Crippen LogP contribution in [0.4, 0.5) is 10.5 Å². The van der Waals surface area contributed by atoms with Crippen molar-refractivity contribution in [3.8, 4) is 11.1 Å². The first-order chi connectivity index (χ1) is 17.1. The number of amides is 2. The van der Waals surface area contributed by atoms with Gasteiger partial charge in [0.15, 0.2) is 0 Å². The first kappa shape index (κ1) is 22.6. The molecule has 1 aromatic heterocycles. The Hall–Kier alpha value is -4.23. The van der Waals surface area contributed by atoms with Crippen molar-refractivity contribution >= 4 is 28.6 Å². The summed E-state index contributed by atoms with van der Waals surface area (Å²) in [7, 11) is 0. The molecule has 0 aliphatic carbocycles. The molecule has 0 atom stereocenters. The number of aromatic carboxylic acids is 1. The second-order valence-corrected chi connectivity index (χ2v) is 8.43. The Balaban J connectivity index is 1.43. The van der Waals surface area contributed by atoms with Crippen molar-refractivity contribution in [1.29, 1.82) is 0 Å². The molecule has 2 heterocycles. The van der Waals surface area contributed by atoms with E-state index < -0.39 is 5.97 Å². The molecule has 0 spiro atoms. The minimum absolute atomic E-state index is 0.0988. The number of pyridine rings is 1. The number of hydrogen-bond donors (Lipinski definition) is 1. The van der Waals surface area contributed by atoms with Crippen LogP contribution in [0.5, 0.6) is 0 Å². The molecule has 0 saturated carbocycles. The summed E-state index contributed by atoms with van der Waals surface area (Å²) in [6.45, 7) is 2.43. The Labute approximate surface area is 203 Å². The maximum atomic E-state index is 13.5. The van der Waals surface area contributed by atoms with Crippen molar-refractivity contribution in [1.82, 2.24) is 9.88 Å². The number of carbonyl (C=O) groups is 2. The van der Waals surface area contributed by atoms with Gasteiger partial charge in [-0.15, -0.1) is 0 Å². The highest BCUT2D eigenvalue weighted by molar-refractivity contribution is 5.93. The third-order valence-electron chi connectivity index (χ3n) is 6.17. The van der Waals surface area contributed by atoms with E-state index in [-0.39, 0.29) is 11.6 Å². The number of aromatic nitrogens is 1. The van der Waals surface area contributed by atoms with Gasteiger partial charge in [-0.1, -0.05) is 42.5 Å². The number of nitrogens with zero attached hydrogens (tertiary/aromatic N) is 3. The number of carboxylic acids is 1. The molecule has 1 N–H and O–H groups in total. The highest BCUT2D eigenvalue weighted by Crippen LogP contribution is 2.27. The van der Waals surface area contributed by atoms with Crippen molar-refractivity contribution in [2.24, 2.45) is 0 Å². The summed E-state index contributed by atoms with van der Waals surface area (Å²) in [5.41, 5.74) is 4.86. The monoisotopic (exact) mass is 467 g/mol. The van der Waals surface area contributed by atoms with Gasteiger partial charge in [-0.05, 0) is 53.1 Å². The number of urea groups is 1. The summed E-state index contributed by atoms with van der Waals surface area (Å²) in [4.78, 5) is 32.6. The quantitative estimate of drug-likeness (QED) is 0.444. The average molecular weight is 468 g/mol. The normalized spacial score (nSPS) is 13.5. The van der Waals surface area contributed by atoms with Crippen LogP contribution in [0.2, 0.25) is 0 Å². The van der Waals surface area contributed by atoms with Crippen molar-refractivity contribution in [3.05, 3.63) is 96.2 Å². The number of ether oxygens (including phenoxy) is 1. The van der Waals surface area contributed by atoms with Crippen LogP contribution < -0.4 is 4.90 Å². The number of benzene rings is 3. The van der Waals surface area contributed by atoms with Crippen LogP contribution >= 0.6 is 0 Å². The van der Waals surface area contributed by atoms with Gasteiger partial charge in [0.05, 0.1) is 30.8 Å². The average Bonchev–Trinajstić information content (AvgIpc) is 2.92. The summed E-state index contributed by atoms with van der Waals surface area (Å²) >= 11 is 0. The van der Waals surface area contributed by atoms with Gasteiger partial charge in [0, 0.05) is 30.4 Å². The van der Waals surface area contributed by atoms with E-state index in [1.165, 1.54) is 0 Å². The molecule has 35 heavy (non-hydrogen) atoms. The second-order valence-electron chi connectivity index (χ2n) is 8.43. The maximum Gasteiger partial charge on any atom is 0.335 e. The van der Waals surface area contributed by atoms with E-state index >= 15 is 0 Å². The minimum atomic E-state index is -0.975. The topological polar surface area (TPSA) is 83.0 Å². The van der Waals surface area contributed by atoms with Crippen molar-refractivity contribution in [2.75, 3.05) is 31.2 Å². The highest BCUT2D eigenvalue weighted by Gasteiger charge is 2.24. The van der Waals surface area contributed by atoms with Gasteiger partial charge in [0.2, 0.25) is 0 Å². The van der Waals surface area contributed by atoms with Crippen LogP contribution in [-0.2, 0) is 11.3 Å². The third-order valence-corrected chi connectivity index (χ3v) is 6.17. The molecular weight excluding hydrogens is 442 g/mol. The molecule has 1 aliphatic heterocycles. The number of anilines is 1. The second kappa shape index (κ2) is 9.95. The van der Waals surface area contributed by atoms with Crippen molar-refractivity contribution in [2.45, 2.75) is 6.54 Å².